The van der Waals surface area contributed by atoms with Gasteiger partial charge in [0.15, 0.2) is 5.78 Å². The highest BCUT2D eigenvalue weighted by atomic mass is 35.5. The maximum Gasteiger partial charge on any atom is 0.159 e. The minimum absolute atomic E-state index is 0.0560. The van der Waals surface area contributed by atoms with Crippen molar-refractivity contribution in [3.8, 4) is 5.69 Å². The van der Waals surface area contributed by atoms with Crippen LogP contribution in [0, 0.1) is 0 Å². The number of hydrogen-bond donors (Lipinski definition) is 0. The molecule has 3 aromatic rings. The van der Waals surface area contributed by atoms with Gasteiger partial charge in [0.1, 0.15) is 0 Å². The summed E-state index contributed by atoms with van der Waals surface area (Å²) in [5.74, 6) is 0.0560. The lowest BCUT2D eigenvalue weighted by Gasteiger charge is -2.03. The minimum atomic E-state index is 0.0560. The fourth-order valence-corrected chi connectivity index (χ4v) is 2.95. The number of rotatable bonds is 6. The molecular formula is C20H16Cl2N2O. The second kappa shape index (κ2) is 8.15. The predicted molar refractivity (Wildman–Crippen MR) is 102 cm³/mol. The van der Waals surface area contributed by atoms with Gasteiger partial charge in [-0.3, -0.25) is 4.79 Å². The number of hydrogen-bond acceptors (Lipinski definition) is 2. The third kappa shape index (κ3) is 4.81. The van der Waals surface area contributed by atoms with Crippen molar-refractivity contribution < 1.29 is 4.79 Å². The Morgan fingerprint density at radius 1 is 1.12 bits per heavy atom. The first-order valence-corrected chi connectivity index (χ1v) is 8.58. The Hall–Kier alpha value is -2.36. The predicted octanol–water partition coefficient (Wildman–Crippen LogP) is 5.09. The Morgan fingerprint density at radius 3 is 2.60 bits per heavy atom. The second-order valence-corrected chi connectivity index (χ2v) is 6.47. The zero-order valence-corrected chi connectivity index (χ0v) is 14.9. The zero-order chi connectivity index (χ0) is 17.6. The van der Waals surface area contributed by atoms with Crippen LogP contribution in [0.5, 0.6) is 0 Å². The van der Waals surface area contributed by atoms with E-state index in [0.717, 1.165) is 16.8 Å². The standard InChI is InChI=1S/C20H16Cl2N2O/c21-17-7-6-16(20(22)13-17)2-1-3-19(25)12-15-4-8-18(9-5-15)24-11-10-23-14-24/h1,3-11,13-14H,2,12H2/b3-1+. The van der Waals surface area contributed by atoms with Crippen molar-refractivity contribution in [3.05, 3.63) is 94.5 Å². The van der Waals surface area contributed by atoms with E-state index >= 15 is 0 Å². The van der Waals surface area contributed by atoms with Crippen LogP contribution in [0.2, 0.25) is 10.0 Å². The number of carbonyl (C=O) groups is 1. The van der Waals surface area contributed by atoms with Gasteiger partial charge in [0.05, 0.1) is 6.33 Å². The largest absolute Gasteiger partial charge is 0.306 e. The van der Waals surface area contributed by atoms with Crippen molar-refractivity contribution in [1.82, 2.24) is 9.55 Å². The van der Waals surface area contributed by atoms with Gasteiger partial charge in [-0.15, -0.1) is 0 Å². The number of aromatic nitrogens is 2. The van der Waals surface area contributed by atoms with Crippen molar-refractivity contribution in [2.45, 2.75) is 12.8 Å². The number of benzene rings is 2. The van der Waals surface area contributed by atoms with Gasteiger partial charge < -0.3 is 4.57 Å². The summed E-state index contributed by atoms with van der Waals surface area (Å²) in [6.45, 7) is 0. The van der Waals surface area contributed by atoms with Gasteiger partial charge in [-0.1, -0.05) is 47.5 Å². The van der Waals surface area contributed by atoms with Gasteiger partial charge in [-0.2, -0.15) is 0 Å². The lowest BCUT2D eigenvalue weighted by molar-refractivity contribution is -0.114. The van der Waals surface area contributed by atoms with E-state index in [1.807, 2.05) is 47.2 Å². The van der Waals surface area contributed by atoms with Crippen LogP contribution in [0.15, 0.2) is 73.3 Å². The summed E-state index contributed by atoms with van der Waals surface area (Å²) in [6.07, 6.45) is 9.76. The Bertz CT molecular complexity index is 885. The molecule has 0 saturated heterocycles. The molecule has 1 heterocycles. The van der Waals surface area contributed by atoms with Crippen molar-refractivity contribution >= 4 is 29.0 Å². The third-order valence-corrected chi connectivity index (χ3v) is 4.36. The van der Waals surface area contributed by atoms with Crippen LogP contribution in [0.25, 0.3) is 5.69 Å². The number of halogens is 2. The van der Waals surface area contributed by atoms with Crippen LogP contribution >= 0.6 is 23.2 Å². The Kier molecular flexibility index (Phi) is 5.69. The molecule has 0 bridgehead atoms. The number of carbonyl (C=O) groups excluding carboxylic acids is 1. The molecule has 3 rings (SSSR count). The van der Waals surface area contributed by atoms with Crippen LogP contribution in [0.1, 0.15) is 11.1 Å². The average molecular weight is 371 g/mol. The van der Waals surface area contributed by atoms with Gasteiger partial charge in [0.25, 0.3) is 0 Å². The van der Waals surface area contributed by atoms with Gasteiger partial charge in [-0.05, 0) is 47.9 Å². The second-order valence-electron chi connectivity index (χ2n) is 5.62. The third-order valence-electron chi connectivity index (χ3n) is 3.77. The van der Waals surface area contributed by atoms with Crippen LogP contribution in [0.4, 0.5) is 0 Å². The monoisotopic (exact) mass is 370 g/mol. The van der Waals surface area contributed by atoms with E-state index in [-0.39, 0.29) is 5.78 Å². The Balaban J connectivity index is 1.57. The zero-order valence-electron chi connectivity index (χ0n) is 13.4. The first-order valence-electron chi connectivity index (χ1n) is 7.82. The molecule has 0 aliphatic carbocycles. The molecule has 3 nitrogen and oxygen atoms in total. The fourth-order valence-electron chi connectivity index (χ4n) is 2.46. The van der Waals surface area contributed by atoms with Crippen molar-refractivity contribution in [1.29, 1.82) is 0 Å². The molecule has 0 atom stereocenters. The molecule has 5 heteroatoms. The molecule has 0 fully saturated rings. The normalized spacial score (nSPS) is 11.1. The molecule has 0 radical (unpaired) electrons. The van der Waals surface area contributed by atoms with Crippen LogP contribution in [-0.2, 0) is 17.6 Å². The average Bonchev–Trinajstić information content (AvgIpc) is 3.12. The molecule has 0 amide bonds. The number of nitrogens with zero attached hydrogens (tertiary/aromatic N) is 2. The van der Waals surface area contributed by atoms with E-state index in [0.29, 0.717) is 22.9 Å². The van der Waals surface area contributed by atoms with Crippen molar-refractivity contribution in [2.24, 2.45) is 0 Å². The SMILES string of the molecule is O=C(/C=C/Cc1ccc(Cl)cc1Cl)Cc1ccc(-n2ccnc2)cc1. The molecule has 126 valence electrons. The lowest BCUT2D eigenvalue weighted by atomic mass is 10.1. The molecule has 0 aliphatic rings. The van der Waals surface area contributed by atoms with E-state index < -0.39 is 0 Å². The molecule has 2 aromatic carbocycles. The van der Waals surface area contributed by atoms with Gasteiger partial charge in [-0.25, -0.2) is 4.98 Å². The maximum atomic E-state index is 12.1. The highest BCUT2D eigenvalue weighted by Crippen LogP contribution is 2.21. The summed E-state index contributed by atoms with van der Waals surface area (Å²) in [7, 11) is 0. The Labute approximate surface area is 156 Å². The summed E-state index contributed by atoms with van der Waals surface area (Å²) in [5.41, 5.74) is 2.93. The van der Waals surface area contributed by atoms with E-state index in [1.165, 1.54) is 0 Å². The summed E-state index contributed by atoms with van der Waals surface area (Å²) >= 11 is 12.0. The quantitative estimate of drug-likeness (QED) is 0.566. The molecular weight excluding hydrogens is 355 g/mol. The van der Waals surface area contributed by atoms with Gasteiger partial charge in [0, 0.05) is 34.5 Å². The number of ketones is 1. The van der Waals surface area contributed by atoms with Crippen LogP contribution in [0.3, 0.4) is 0 Å². The number of imidazole rings is 1. The summed E-state index contributed by atoms with van der Waals surface area (Å²) in [5, 5.41) is 1.22. The molecule has 1 aromatic heterocycles. The topological polar surface area (TPSA) is 34.9 Å². The smallest absolute Gasteiger partial charge is 0.159 e. The van der Waals surface area contributed by atoms with Crippen molar-refractivity contribution in [3.63, 3.8) is 0 Å². The van der Waals surface area contributed by atoms with Crippen molar-refractivity contribution in [2.75, 3.05) is 0 Å². The molecule has 0 N–H and O–H groups in total. The summed E-state index contributed by atoms with van der Waals surface area (Å²) in [4.78, 5) is 16.1. The molecule has 0 unspecified atom stereocenters. The first-order chi connectivity index (χ1) is 12.1. The van der Waals surface area contributed by atoms with Crippen LogP contribution in [-0.4, -0.2) is 15.3 Å². The highest BCUT2D eigenvalue weighted by Gasteiger charge is 2.03. The fraction of sp³-hybridized carbons (Fsp3) is 0.100. The highest BCUT2D eigenvalue weighted by molar-refractivity contribution is 6.35. The number of allylic oxidation sites excluding steroid dienone is 2. The Morgan fingerprint density at radius 2 is 1.92 bits per heavy atom. The molecule has 0 saturated carbocycles. The first kappa shape index (κ1) is 17.5. The van der Waals surface area contributed by atoms with Gasteiger partial charge in [0.2, 0.25) is 0 Å². The summed E-state index contributed by atoms with van der Waals surface area (Å²) in [6, 6.07) is 13.2. The van der Waals surface area contributed by atoms with Gasteiger partial charge >= 0.3 is 0 Å². The lowest BCUT2D eigenvalue weighted by Crippen LogP contribution is -1.99. The summed E-state index contributed by atoms with van der Waals surface area (Å²) < 4.78 is 1.92. The van der Waals surface area contributed by atoms with Crippen LogP contribution < -0.4 is 0 Å². The minimum Gasteiger partial charge on any atom is -0.306 e. The molecule has 25 heavy (non-hydrogen) atoms. The van der Waals surface area contributed by atoms with E-state index in [9.17, 15) is 4.79 Å². The molecule has 0 spiro atoms. The van der Waals surface area contributed by atoms with E-state index in [2.05, 4.69) is 4.98 Å². The van der Waals surface area contributed by atoms with E-state index in [1.54, 1.807) is 30.7 Å². The molecule has 0 aliphatic heterocycles. The van der Waals surface area contributed by atoms with E-state index in [4.69, 9.17) is 23.2 Å². The maximum absolute atomic E-state index is 12.1.